The minimum atomic E-state index is -0.789. The van der Waals surface area contributed by atoms with Gasteiger partial charge in [-0.25, -0.2) is 0 Å². The first-order chi connectivity index (χ1) is 32.5. The first-order valence-electron chi connectivity index (χ1n) is 29.6. The molecule has 0 aromatic heterocycles. The van der Waals surface area contributed by atoms with Crippen LogP contribution in [-0.2, 0) is 14.3 Å². The van der Waals surface area contributed by atoms with Crippen molar-refractivity contribution in [2.75, 3.05) is 6.61 Å². The number of rotatable bonds is 54. The normalized spacial score (nSPS) is 13.2. The number of aliphatic hydroxyl groups excluding tert-OH is 2. The van der Waals surface area contributed by atoms with E-state index in [2.05, 4.69) is 50.4 Å². The molecule has 0 saturated carbocycles. The van der Waals surface area contributed by atoms with Crippen LogP contribution in [0.1, 0.15) is 323 Å². The molecule has 0 aromatic carbocycles. The van der Waals surface area contributed by atoms with Crippen LogP contribution in [0.2, 0.25) is 0 Å². The summed E-state index contributed by atoms with van der Waals surface area (Å²) in [5, 5.41) is 23.9. The molecule has 3 unspecified atom stereocenters. The highest BCUT2D eigenvalue weighted by Gasteiger charge is 2.24. The van der Waals surface area contributed by atoms with E-state index in [1.54, 1.807) is 0 Å². The number of carbonyl (C=O) groups is 2. The van der Waals surface area contributed by atoms with Gasteiger partial charge in [0.1, 0.15) is 6.10 Å². The van der Waals surface area contributed by atoms with Gasteiger partial charge >= 0.3 is 5.97 Å². The lowest BCUT2D eigenvalue weighted by molar-refractivity contribution is -0.151. The van der Waals surface area contributed by atoms with E-state index < -0.39 is 18.2 Å². The van der Waals surface area contributed by atoms with Gasteiger partial charge in [-0.15, -0.1) is 0 Å². The SMILES string of the molecule is CCCCCCCCC/C=C/C=C/CCCCCC(=O)OC(CCCCCCCCCCCCCCCCCC)CC(=O)NC(CO)C(O)CCCCCCCCCCCCCCCCC. The van der Waals surface area contributed by atoms with Crippen molar-refractivity contribution in [1.29, 1.82) is 0 Å². The van der Waals surface area contributed by atoms with Crippen LogP contribution in [0.3, 0.4) is 0 Å². The Morgan fingerprint density at radius 1 is 0.439 bits per heavy atom. The number of ether oxygens (including phenoxy) is 1. The average Bonchev–Trinajstić information content (AvgIpc) is 3.31. The lowest BCUT2D eigenvalue weighted by Crippen LogP contribution is -2.46. The van der Waals surface area contributed by atoms with Crippen molar-refractivity contribution < 1.29 is 24.5 Å². The van der Waals surface area contributed by atoms with Crippen LogP contribution in [-0.4, -0.2) is 46.9 Å². The van der Waals surface area contributed by atoms with Crippen LogP contribution in [0.5, 0.6) is 0 Å². The third-order valence-electron chi connectivity index (χ3n) is 13.8. The van der Waals surface area contributed by atoms with E-state index >= 15 is 0 Å². The number of nitrogens with one attached hydrogen (secondary N) is 1. The highest BCUT2D eigenvalue weighted by atomic mass is 16.5. The molecule has 0 saturated heterocycles. The molecule has 390 valence electrons. The molecule has 6 heteroatoms. The van der Waals surface area contributed by atoms with E-state index in [1.807, 2.05) is 0 Å². The second-order valence-corrected chi connectivity index (χ2v) is 20.4. The number of hydrogen-bond donors (Lipinski definition) is 3. The van der Waals surface area contributed by atoms with Crippen molar-refractivity contribution in [3.05, 3.63) is 24.3 Å². The molecule has 0 aliphatic carbocycles. The molecule has 0 aliphatic heterocycles. The summed E-state index contributed by atoms with van der Waals surface area (Å²) in [7, 11) is 0. The molecular formula is C60H115NO5. The molecule has 0 aliphatic rings. The van der Waals surface area contributed by atoms with Crippen molar-refractivity contribution in [3.63, 3.8) is 0 Å². The molecule has 6 nitrogen and oxygen atoms in total. The van der Waals surface area contributed by atoms with Gasteiger partial charge in [-0.2, -0.15) is 0 Å². The van der Waals surface area contributed by atoms with Crippen molar-refractivity contribution in [1.82, 2.24) is 5.32 Å². The summed E-state index contributed by atoms with van der Waals surface area (Å²) in [6.07, 6.45) is 63.9. The largest absolute Gasteiger partial charge is 0.462 e. The van der Waals surface area contributed by atoms with Crippen LogP contribution in [0.4, 0.5) is 0 Å². The van der Waals surface area contributed by atoms with E-state index in [0.717, 1.165) is 57.8 Å². The standard InChI is InChI=1S/C60H115NO5/c1-4-7-10-13-16-19-22-25-28-31-33-36-39-42-45-48-51-56(66-60(65)53-50-47-44-41-38-35-32-29-26-23-20-17-14-11-8-5-2)54-59(64)61-57(55-62)58(63)52-49-46-43-40-37-34-30-27-24-21-18-15-12-9-6-3/h29,32,35,38,56-58,62-63H,4-28,30-31,33-34,36-37,39-55H2,1-3H3,(H,61,64)/b32-29+,38-35+. The van der Waals surface area contributed by atoms with Gasteiger partial charge in [-0.1, -0.05) is 283 Å². The molecule has 0 fully saturated rings. The first-order valence-corrected chi connectivity index (χ1v) is 29.6. The Balaban J connectivity index is 4.56. The number of hydrogen-bond acceptors (Lipinski definition) is 5. The van der Waals surface area contributed by atoms with Crippen LogP contribution in [0.25, 0.3) is 0 Å². The second kappa shape index (κ2) is 54.3. The molecule has 3 atom stereocenters. The van der Waals surface area contributed by atoms with Gasteiger partial charge < -0.3 is 20.3 Å². The van der Waals surface area contributed by atoms with Gasteiger partial charge in [0.15, 0.2) is 0 Å². The fourth-order valence-electron chi connectivity index (χ4n) is 9.31. The topological polar surface area (TPSA) is 95.9 Å². The number of unbranched alkanes of at least 4 members (excludes halogenated alkanes) is 39. The summed E-state index contributed by atoms with van der Waals surface area (Å²) < 4.78 is 5.96. The van der Waals surface area contributed by atoms with Gasteiger partial charge in [0.2, 0.25) is 5.91 Å². The minimum Gasteiger partial charge on any atom is -0.462 e. The van der Waals surface area contributed by atoms with Gasteiger partial charge in [0.25, 0.3) is 0 Å². The van der Waals surface area contributed by atoms with Crippen molar-refractivity contribution in [2.45, 2.75) is 341 Å². The van der Waals surface area contributed by atoms with E-state index in [4.69, 9.17) is 4.74 Å². The predicted octanol–water partition coefficient (Wildman–Crippen LogP) is 18.2. The summed E-state index contributed by atoms with van der Waals surface area (Å²) in [5.41, 5.74) is 0. The zero-order chi connectivity index (χ0) is 48.1. The van der Waals surface area contributed by atoms with Crippen molar-refractivity contribution >= 4 is 11.9 Å². The third kappa shape index (κ3) is 48.8. The smallest absolute Gasteiger partial charge is 0.306 e. The summed E-state index contributed by atoms with van der Waals surface area (Å²) >= 11 is 0. The quantitative estimate of drug-likeness (QED) is 0.0321. The molecule has 1 amide bonds. The van der Waals surface area contributed by atoms with Crippen molar-refractivity contribution in [3.8, 4) is 0 Å². The summed E-state index contributed by atoms with van der Waals surface area (Å²) in [5.74, 6) is -0.484. The molecule has 0 aromatic rings. The highest BCUT2D eigenvalue weighted by molar-refractivity contribution is 5.77. The number of allylic oxidation sites excluding steroid dienone is 4. The van der Waals surface area contributed by atoms with E-state index in [9.17, 15) is 19.8 Å². The van der Waals surface area contributed by atoms with Gasteiger partial charge in [-0.05, 0) is 51.4 Å². The lowest BCUT2D eigenvalue weighted by atomic mass is 10.0. The van der Waals surface area contributed by atoms with E-state index in [0.29, 0.717) is 19.3 Å². The van der Waals surface area contributed by atoms with Crippen molar-refractivity contribution in [2.24, 2.45) is 0 Å². The summed E-state index contributed by atoms with van der Waals surface area (Å²) in [6.45, 7) is 6.52. The molecule has 3 N–H and O–H groups in total. The first kappa shape index (κ1) is 64.3. The Morgan fingerprint density at radius 2 is 0.758 bits per heavy atom. The lowest BCUT2D eigenvalue weighted by Gasteiger charge is -2.24. The maximum absolute atomic E-state index is 13.3. The molecule has 0 radical (unpaired) electrons. The monoisotopic (exact) mass is 930 g/mol. The van der Waals surface area contributed by atoms with E-state index in [-0.39, 0.29) is 24.9 Å². The highest BCUT2D eigenvalue weighted by Crippen LogP contribution is 2.19. The van der Waals surface area contributed by atoms with Gasteiger partial charge in [-0.3, -0.25) is 9.59 Å². The van der Waals surface area contributed by atoms with Gasteiger partial charge in [0.05, 0.1) is 25.2 Å². The fourth-order valence-corrected chi connectivity index (χ4v) is 9.31. The predicted molar refractivity (Wildman–Crippen MR) is 287 cm³/mol. The molecule has 0 bridgehead atoms. The third-order valence-corrected chi connectivity index (χ3v) is 13.8. The maximum atomic E-state index is 13.3. The number of carbonyl (C=O) groups excluding carboxylic acids is 2. The Kier molecular flexibility index (Phi) is 52.9. The van der Waals surface area contributed by atoms with Crippen LogP contribution < -0.4 is 5.32 Å². The van der Waals surface area contributed by atoms with Crippen LogP contribution in [0.15, 0.2) is 24.3 Å². The molecule has 66 heavy (non-hydrogen) atoms. The second-order valence-electron chi connectivity index (χ2n) is 20.4. The maximum Gasteiger partial charge on any atom is 0.306 e. The Bertz CT molecular complexity index is 1040. The molecule has 0 rings (SSSR count). The molecular weight excluding hydrogens is 815 g/mol. The Hall–Kier alpha value is -1.66. The van der Waals surface area contributed by atoms with E-state index in [1.165, 1.54) is 218 Å². The Morgan fingerprint density at radius 3 is 1.12 bits per heavy atom. The van der Waals surface area contributed by atoms with Gasteiger partial charge in [0, 0.05) is 6.42 Å². The summed E-state index contributed by atoms with van der Waals surface area (Å²) in [4.78, 5) is 26.3. The summed E-state index contributed by atoms with van der Waals surface area (Å²) in [6, 6.07) is -0.703. The molecule has 0 spiro atoms. The minimum absolute atomic E-state index is 0.0733. The number of esters is 1. The average molecular weight is 931 g/mol. The fraction of sp³-hybridized carbons (Fsp3) is 0.900. The molecule has 0 heterocycles. The zero-order valence-corrected chi connectivity index (χ0v) is 44.6. The number of aliphatic hydroxyl groups is 2. The van der Waals surface area contributed by atoms with Crippen LogP contribution in [0, 0.1) is 0 Å². The Labute approximate surface area is 411 Å². The van der Waals surface area contributed by atoms with Crippen LogP contribution >= 0.6 is 0 Å². The number of amides is 1. The zero-order valence-electron chi connectivity index (χ0n) is 44.6.